The summed E-state index contributed by atoms with van der Waals surface area (Å²) >= 11 is 0. The number of hydrogen-bond acceptors (Lipinski definition) is 2. The highest BCUT2D eigenvalue weighted by molar-refractivity contribution is 5.90. The number of hydrogen-bond donors (Lipinski definition) is 0. The summed E-state index contributed by atoms with van der Waals surface area (Å²) in [6, 6.07) is 48.7. The molecule has 4 nitrogen and oxygen atoms in total. The number of benzene rings is 4. The molecule has 0 radical (unpaired) electrons. The van der Waals surface area contributed by atoms with Gasteiger partial charge in [-0.3, -0.25) is 9.97 Å². The van der Waals surface area contributed by atoms with Crippen LogP contribution in [0.4, 0.5) is 0 Å². The predicted octanol–water partition coefficient (Wildman–Crippen LogP) is 14.5. The Kier molecular flexibility index (Phi) is 10.0. The molecule has 0 unspecified atom stereocenters. The molecule has 0 saturated heterocycles. The molecule has 0 N–H and O–H groups in total. The summed E-state index contributed by atoms with van der Waals surface area (Å²) in [6.07, 6.45) is 0. The number of pyridine rings is 2. The molecule has 0 atom stereocenters. The fourth-order valence-corrected chi connectivity index (χ4v) is 8.69. The van der Waals surface area contributed by atoms with Gasteiger partial charge in [0.15, 0.2) is 0 Å². The lowest BCUT2D eigenvalue weighted by Gasteiger charge is -2.26. The molecule has 0 aliphatic carbocycles. The molecule has 0 aliphatic rings. The van der Waals surface area contributed by atoms with Gasteiger partial charge in [0.2, 0.25) is 0 Å². The van der Waals surface area contributed by atoms with E-state index in [1.54, 1.807) is 0 Å². The fraction of sp³-hybridized carbons (Fsp3) is 0.283. The minimum Gasteiger partial charge on any atom is -0.307 e. The summed E-state index contributed by atoms with van der Waals surface area (Å²) in [5.41, 5.74) is 15.9. The van der Waals surface area contributed by atoms with Gasteiger partial charge >= 0.3 is 0 Å². The zero-order chi connectivity index (χ0) is 40.2. The highest BCUT2D eigenvalue weighted by atomic mass is 15.0. The Balaban J connectivity index is 1.28. The second-order valence-electron chi connectivity index (χ2n) is 17.5. The molecule has 0 amide bonds. The summed E-state index contributed by atoms with van der Waals surface area (Å²) in [7, 11) is 0. The van der Waals surface area contributed by atoms with Gasteiger partial charge in [0.25, 0.3) is 0 Å². The molecule has 0 spiro atoms. The van der Waals surface area contributed by atoms with E-state index in [2.05, 4.69) is 212 Å². The smallest absolute Gasteiger partial charge is 0.0874 e. The number of para-hydroxylation sites is 4. The molecule has 8 rings (SSSR count). The summed E-state index contributed by atoms with van der Waals surface area (Å²) in [5.74, 6) is 1.44. The maximum atomic E-state index is 5.52. The van der Waals surface area contributed by atoms with Gasteiger partial charge in [0.1, 0.15) is 0 Å². The number of fused-ring (bicyclic) bond motifs is 2. The van der Waals surface area contributed by atoms with Crippen molar-refractivity contribution in [3.63, 3.8) is 0 Å². The van der Waals surface area contributed by atoms with Gasteiger partial charge in [-0.25, -0.2) is 0 Å². The van der Waals surface area contributed by atoms with E-state index in [-0.39, 0.29) is 0 Å². The van der Waals surface area contributed by atoms with Crippen LogP contribution >= 0.6 is 0 Å². The number of aromatic nitrogens is 4. The van der Waals surface area contributed by atoms with E-state index in [0.717, 1.165) is 34.2 Å². The zero-order valence-electron chi connectivity index (χ0n) is 35.3. The Hall–Kier alpha value is -5.74. The summed E-state index contributed by atoms with van der Waals surface area (Å²) in [5, 5.41) is 2.41. The third-order valence-corrected chi connectivity index (χ3v) is 11.9. The van der Waals surface area contributed by atoms with Crippen molar-refractivity contribution in [2.45, 2.75) is 98.3 Å². The monoisotopic (exact) mass is 748 g/mol. The van der Waals surface area contributed by atoms with Crippen molar-refractivity contribution in [1.82, 2.24) is 19.1 Å². The van der Waals surface area contributed by atoms with Crippen LogP contribution in [0.15, 0.2) is 133 Å². The molecule has 0 saturated carbocycles. The maximum Gasteiger partial charge on any atom is 0.0874 e. The standard InChI is InChI=1S/C53H56N4/c1-33(2)39-21-15-22-40(34(3)4)51(39)56-45-27-13-11-19-37(45)31-47(56)43-25-17-29-49(54-43)53(9,10)50-30-18-26-44(55-50)48-32-38-20-12-14-28-46(38)57(48)52-41(35(5)6)23-16-24-42(52)36(7)8/h11-36H,1-10H3. The van der Waals surface area contributed by atoms with Crippen LogP contribution < -0.4 is 0 Å². The van der Waals surface area contributed by atoms with Gasteiger partial charge in [-0.1, -0.05) is 140 Å². The molecule has 4 aromatic carbocycles. The Morgan fingerprint density at radius 3 is 1.09 bits per heavy atom. The lowest BCUT2D eigenvalue weighted by atomic mass is 9.84. The van der Waals surface area contributed by atoms with Gasteiger partial charge in [-0.05, 0) is 108 Å². The van der Waals surface area contributed by atoms with Gasteiger partial charge in [-0.15, -0.1) is 0 Å². The molecular weight excluding hydrogens is 693 g/mol. The third kappa shape index (κ3) is 6.69. The van der Waals surface area contributed by atoms with E-state index < -0.39 is 5.41 Å². The van der Waals surface area contributed by atoms with E-state index in [0.29, 0.717) is 23.7 Å². The predicted molar refractivity (Wildman–Crippen MR) is 241 cm³/mol. The molecular formula is C53H56N4. The minimum absolute atomic E-state index is 0.360. The highest BCUT2D eigenvalue weighted by Gasteiger charge is 2.29. The normalized spacial score (nSPS) is 12.3. The molecule has 0 fully saturated rings. The molecule has 8 aromatic rings. The van der Waals surface area contributed by atoms with Crippen molar-refractivity contribution < 1.29 is 0 Å². The lowest BCUT2D eigenvalue weighted by Crippen LogP contribution is -2.22. The first-order valence-corrected chi connectivity index (χ1v) is 20.8. The first-order valence-electron chi connectivity index (χ1n) is 20.8. The Labute approximate surface area is 339 Å². The van der Waals surface area contributed by atoms with Crippen LogP contribution in [-0.2, 0) is 5.41 Å². The van der Waals surface area contributed by atoms with Crippen molar-refractivity contribution in [3.05, 3.63) is 167 Å². The van der Waals surface area contributed by atoms with Crippen molar-refractivity contribution in [2.24, 2.45) is 0 Å². The van der Waals surface area contributed by atoms with E-state index in [1.165, 1.54) is 55.4 Å². The van der Waals surface area contributed by atoms with E-state index in [4.69, 9.17) is 9.97 Å². The molecule has 4 heteroatoms. The maximum absolute atomic E-state index is 5.52. The summed E-state index contributed by atoms with van der Waals surface area (Å²) in [4.78, 5) is 11.0. The number of rotatable bonds is 10. The van der Waals surface area contributed by atoms with Crippen LogP contribution in [0.1, 0.15) is 127 Å². The minimum atomic E-state index is -0.489. The molecule has 57 heavy (non-hydrogen) atoms. The quantitative estimate of drug-likeness (QED) is 0.140. The topological polar surface area (TPSA) is 35.6 Å². The second-order valence-corrected chi connectivity index (χ2v) is 17.5. The van der Waals surface area contributed by atoms with Crippen LogP contribution in [0.5, 0.6) is 0 Å². The molecule has 0 bridgehead atoms. The number of nitrogens with zero attached hydrogens (tertiary/aromatic N) is 4. The average molecular weight is 749 g/mol. The Bertz CT molecular complexity index is 2500. The van der Waals surface area contributed by atoms with Crippen LogP contribution in [0, 0.1) is 0 Å². The van der Waals surface area contributed by atoms with Crippen molar-refractivity contribution in [3.8, 4) is 34.2 Å². The van der Waals surface area contributed by atoms with E-state index in [1.807, 2.05) is 0 Å². The molecule has 4 aromatic heterocycles. The van der Waals surface area contributed by atoms with E-state index in [9.17, 15) is 0 Å². The largest absolute Gasteiger partial charge is 0.307 e. The van der Waals surface area contributed by atoms with Crippen molar-refractivity contribution in [1.29, 1.82) is 0 Å². The first kappa shape index (κ1) is 38.1. The van der Waals surface area contributed by atoms with Gasteiger partial charge in [-0.2, -0.15) is 0 Å². The first-order chi connectivity index (χ1) is 27.4. The Morgan fingerprint density at radius 2 is 0.737 bits per heavy atom. The average Bonchev–Trinajstić information content (AvgIpc) is 3.79. The second kappa shape index (κ2) is 15.0. The van der Waals surface area contributed by atoms with Gasteiger partial charge in [0.05, 0.1) is 56.6 Å². The third-order valence-electron chi connectivity index (χ3n) is 11.9. The van der Waals surface area contributed by atoms with Crippen LogP contribution in [0.2, 0.25) is 0 Å². The van der Waals surface area contributed by atoms with Crippen molar-refractivity contribution >= 4 is 21.8 Å². The zero-order valence-corrected chi connectivity index (χ0v) is 35.3. The highest BCUT2D eigenvalue weighted by Crippen LogP contribution is 2.41. The van der Waals surface area contributed by atoms with Crippen LogP contribution in [0.25, 0.3) is 56.0 Å². The van der Waals surface area contributed by atoms with Crippen LogP contribution in [-0.4, -0.2) is 19.1 Å². The van der Waals surface area contributed by atoms with E-state index >= 15 is 0 Å². The molecule has 288 valence electrons. The molecule has 0 aliphatic heterocycles. The summed E-state index contributed by atoms with van der Waals surface area (Å²) in [6.45, 7) is 22.9. The SMILES string of the molecule is CC(C)c1cccc(C(C)C)c1-n1c(-c2cccc(C(C)(C)c3cccc(-c4cc5ccccc5n4-c4c(C(C)C)cccc4C(C)C)n3)n2)cc2ccccc21. The van der Waals surface area contributed by atoms with Gasteiger partial charge < -0.3 is 9.13 Å². The Morgan fingerprint density at radius 1 is 0.404 bits per heavy atom. The lowest BCUT2D eigenvalue weighted by molar-refractivity contribution is 0.596. The van der Waals surface area contributed by atoms with Gasteiger partial charge in [0, 0.05) is 16.2 Å². The molecule has 4 heterocycles. The fourth-order valence-electron chi connectivity index (χ4n) is 8.69. The van der Waals surface area contributed by atoms with Crippen LogP contribution in [0.3, 0.4) is 0 Å². The van der Waals surface area contributed by atoms with Crippen molar-refractivity contribution in [2.75, 3.05) is 0 Å². The summed E-state index contributed by atoms with van der Waals surface area (Å²) < 4.78 is 4.94.